The zero-order valence-corrected chi connectivity index (χ0v) is 30.8. The summed E-state index contributed by atoms with van der Waals surface area (Å²) in [6.07, 6.45) is 9.95. The topological polar surface area (TPSA) is 107 Å². The molecule has 2 aromatic carbocycles. The van der Waals surface area contributed by atoms with Crippen LogP contribution in [0.1, 0.15) is 109 Å². The molecule has 2 aromatic rings. The van der Waals surface area contributed by atoms with E-state index in [0.29, 0.717) is 38.5 Å². The van der Waals surface area contributed by atoms with Gasteiger partial charge in [0.1, 0.15) is 5.60 Å². The van der Waals surface area contributed by atoms with Gasteiger partial charge in [-0.15, -0.1) is 0 Å². The molecule has 1 fully saturated rings. The number of aliphatic carboxylic acids is 1. The number of hydrogen-bond acceptors (Lipinski definition) is 7. The van der Waals surface area contributed by atoms with E-state index >= 15 is 0 Å². The van der Waals surface area contributed by atoms with Crippen LogP contribution in [-0.4, -0.2) is 58.4 Å². The maximum Gasteiger partial charge on any atom is 0.289 e. The smallest absolute Gasteiger partial charge is 0.289 e. The molecule has 7 nitrogen and oxygen atoms in total. The number of carboxylic acid groups (broad SMARTS) is 1. The van der Waals surface area contributed by atoms with Crippen LogP contribution in [0.2, 0.25) is 0 Å². The fourth-order valence-corrected chi connectivity index (χ4v) is 8.55. The summed E-state index contributed by atoms with van der Waals surface area (Å²) in [5, 5.41) is 23.3. The largest absolute Gasteiger partial charge is 0.547 e. The number of carbonyl (C=O) groups is 3. The monoisotopic (exact) mass is 714 g/mol. The lowest BCUT2D eigenvalue weighted by atomic mass is 9.77. The molecule has 10 heteroatoms. The third-order valence-corrected chi connectivity index (χ3v) is 11.0. The molecule has 0 radical (unpaired) electrons. The third kappa shape index (κ3) is 10.3. The average molecular weight is 715 g/mol. The zero-order chi connectivity index (χ0) is 36.8. The lowest BCUT2D eigenvalue weighted by Gasteiger charge is -2.41. The van der Waals surface area contributed by atoms with Crippen molar-refractivity contribution in [2.45, 2.75) is 120 Å². The molecule has 3 rings (SSSR count). The molecule has 3 atom stereocenters. The Morgan fingerprint density at radius 1 is 0.940 bits per heavy atom. The number of rotatable bonds is 22. The van der Waals surface area contributed by atoms with Gasteiger partial charge in [0.2, 0.25) is 11.8 Å². The SMILES string of the molecule is CCCCCCCC(F)(F)CCCCCC/C=C/[C@H](C(=O)N1C(=O)SC(c2ccccc2)(c2ccccc2)[C@@H]1C(C)C)[C@@](O)(COC)C(=O)[O-]. The summed E-state index contributed by atoms with van der Waals surface area (Å²) in [4.78, 5) is 42.1. The van der Waals surface area contributed by atoms with E-state index in [2.05, 4.69) is 6.92 Å². The van der Waals surface area contributed by atoms with Crippen LogP contribution in [0.4, 0.5) is 13.6 Å². The Morgan fingerprint density at radius 2 is 1.46 bits per heavy atom. The first-order valence-corrected chi connectivity index (χ1v) is 18.8. The molecule has 1 aliphatic rings. The predicted octanol–water partition coefficient (Wildman–Crippen LogP) is 8.29. The van der Waals surface area contributed by atoms with E-state index in [4.69, 9.17) is 4.74 Å². The molecule has 0 unspecified atom stereocenters. The number of halogens is 2. The molecule has 2 amide bonds. The summed E-state index contributed by atoms with van der Waals surface area (Å²) >= 11 is 1.00. The number of hydrogen-bond donors (Lipinski definition) is 1. The van der Waals surface area contributed by atoms with Crippen molar-refractivity contribution in [3.05, 3.63) is 83.9 Å². The Bertz CT molecular complexity index is 1350. The number of aliphatic hydroxyl groups is 1. The first kappa shape index (κ1) is 41.3. The van der Waals surface area contributed by atoms with Crippen molar-refractivity contribution in [1.29, 1.82) is 0 Å². The fraction of sp³-hybridized carbons (Fsp3) is 0.575. The number of alkyl halides is 2. The van der Waals surface area contributed by atoms with Gasteiger partial charge in [0.05, 0.1) is 29.3 Å². The molecule has 1 aliphatic heterocycles. The lowest BCUT2D eigenvalue weighted by Crippen LogP contribution is -2.61. The summed E-state index contributed by atoms with van der Waals surface area (Å²) < 4.78 is 32.6. The molecule has 0 saturated carbocycles. The number of unbranched alkanes of at least 4 members (excludes halogenated alkanes) is 8. The Hall–Kier alpha value is -3.08. The number of imide groups is 1. The minimum absolute atomic E-state index is 0.0782. The van der Waals surface area contributed by atoms with Crippen LogP contribution in [0.3, 0.4) is 0 Å². The van der Waals surface area contributed by atoms with Crippen LogP contribution in [0.15, 0.2) is 72.8 Å². The molecule has 276 valence electrons. The second-order valence-electron chi connectivity index (χ2n) is 13.8. The number of allylic oxidation sites excluding steroid dienone is 1. The van der Waals surface area contributed by atoms with Crippen molar-refractivity contribution in [3.8, 4) is 0 Å². The van der Waals surface area contributed by atoms with E-state index in [-0.39, 0.29) is 18.8 Å². The minimum atomic E-state index is -2.76. The number of carboxylic acids is 1. The highest BCUT2D eigenvalue weighted by Gasteiger charge is 2.59. The van der Waals surface area contributed by atoms with Crippen molar-refractivity contribution in [2.75, 3.05) is 13.7 Å². The summed E-state index contributed by atoms with van der Waals surface area (Å²) in [6.45, 7) is 5.15. The lowest BCUT2D eigenvalue weighted by molar-refractivity contribution is -0.329. The first-order chi connectivity index (χ1) is 23.9. The summed E-state index contributed by atoms with van der Waals surface area (Å²) in [5.41, 5.74) is -1.15. The fourth-order valence-electron chi connectivity index (χ4n) is 6.97. The van der Waals surface area contributed by atoms with Crippen molar-refractivity contribution in [1.82, 2.24) is 4.90 Å². The van der Waals surface area contributed by atoms with Crippen LogP contribution < -0.4 is 5.11 Å². The predicted molar refractivity (Wildman–Crippen MR) is 193 cm³/mol. The Morgan fingerprint density at radius 3 is 1.94 bits per heavy atom. The van der Waals surface area contributed by atoms with Crippen LogP contribution in [0.25, 0.3) is 0 Å². The molecule has 1 saturated heterocycles. The van der Waals surface area contributed by atoms with Gasteiger partial charge in [0.25, 0.3) is 5.24 Å². The van der Waals surface area contributed by atoms with Crippen LogP contribution in [0, 0.1) is 11.8 Å². The summed E-state index contributed by atoms with van der Waals surface area (Å²) in [6, 6.07) is 18.1. The maximum atomic E-state index is 14.5. The molecule has 1 N–H and O–H groups in total. The van der Waals surface area contributed by atoms with Crippen LogP contribution >= 0.6 is 11.8 Å². The van der Waals surface area contributed by atoms with E-state index in [1.54, 1.807) is 6.08 Å². The number of thioether (sulfide) groups is 1. The molecule has 0 aliphatic carbocycles. The Balaban J connectivity index is 1.80. The second-order valence-corrected chi connectivity index (χ2v) is 15.0. The van der Waals surface area contributed by atoms with E-state index in [9.17, 15) is 33.4 Å². The van der Waals surface area contributed by atoms with Gasteiger partial charge in [-0.25, -0.2) is 8.78 Å². The van der Waals surface area contributed by atoms with E-state index in [0.717, 1.165) is 53.5 Å². The zero-order valence-electron chi connectivity index (χ0n) is 30.0. The molecular weight excluding hydrogens is 661 g/mol. The normalized spacial score (nSPS) is 18.1. The minimum Gasteiger partial charge on any atom is -0.547 e. The van der Waals surface area contributed by atoms with Gasteiger partial charge < -0.3 is 19.7 Å². The van der Waals surface area contributed by atoms with E-state index in [1.807, 2.05) is 74.5 Å². The molecule has 1 heterocycles. The van der Waals surface area contributed by atoms with Crippen LogP contribution in [0.5, 0.6) is 0 Å². The Kier molecular flexibility index (Phi) is 16.1. The molecular formula is C40H54F2NO6S-. The quantitative estimate of drug-likeness (QED) is 0.0967. The molecule has 50 heavy (non-hydrogen) atoms. The van der Waals surface area contributed by atoms with Gasteiger partial charge in [-0.05, 0) is 54.5 Å². The van der Waals surface area contributed by atoms with E-state index < -0.39 is 52.0 Å². The molecule has 0 spiro atoms. The van der Waals surface area contributed by atoms with Crippen molar-refractivity contribution < 1.29 is 38.1 Å². The van der Waals surface area contributed by atoms with Gasteiger partial charge >= 0.3 is 0 Å². The maximum absolute atomic E-state index is 14.5. The van der Waals surface area contributed by atoms with Gasteiger partial charge in [-0.1, -0.05) is 132 Å². The summed E-state index contributed by atoms with van der Waals surface area (Å²) in [7, 11) is 1.21. The van der Waals surface area contributed by atoms with Gasteiger partial charge in [-0.2, -0.15) is 0 Å². The van der Waals surface area contributed by atoms with Crippen molar-refractivity contribution >= 4 is 28.9 Å². The Labute approximate surface area is 300 Å². The van der Waals surface area contributed by atoms with Crippen molar-refractivity contribution in [3.63, 3.8) is 0 Å². The molecule has 0 bridgehead atoms. The summed E-state index contributed by atoms with van der Waals surface area (Å²) in [5.74, 6) is -7.39. The highest BCUT2D eigenvalue weighted by Crippen LogP contribution is 2.56. The first-order valence-electron chi connectivity index (χ1n) is 18.0. The molecule has 0 aromatic heterocycles. The number of benzene rings is 2. The van der Waals surface area contributed by atoms with Gasteiger partial charge in [0, 0.05) is 20.0 Å². The average Bonchev–Trinajstić information content (AvgIpc) is 3.42. The van der Waals surface area contributed by atoms with Crippen LogP contribution in [-0.2, 0) is 19.1 Å². The van der Waals surface area contributed by atoms with Gasteiger partial charge in [-0.3, -0.25) is 14.5 Å². The van der Waals surface area contributed by atoms with E-state index in [1.165, 1.54) is 13.2 Å². The van der Waals surface area contributed by atoms with Gasteiger partial charge in [0.15, 0.2) is 0 Å². The second kappa shape index (κ2) is 19.5. The standard InChI is InChI=1S/C40H55F2NO6S/c1-5-6-7-11-20-27-38(41,42)28-21-12-9-8-10-19-26-33(39(48,29-49-4)36(45)46)35(44)43-34(30(2)3)40(50-37(43)47,31-22-15-13-16-23-31)32-24-17-14-18-25-32/h13-19,22-26,30,33-34,48H,5-12,20-21,27-29H2,1-4H3,(H,45,46)/p-1/b26-19+/t33-,34+,39+/m1/s1. The number of ether oxygens (including phenoxy) is 1. The number of amides is 2. The number of nitrogens with zero attached hydrogens (tertiary/aromatic N) is 1. The third-order valence-electron chi connectivity index (χ3n) is 9.55. The highest BCUT2D eigenvalue weighted by atomic mass is 32.2. The number of methoxy groups -OCH3 is 1. The number of carbonyl (C=O) groups excluding carboxylic acids is 3. The van der Waals surface area contributed by atoms with Crippen molar-refractivity contribution in [2.24, 2.45) is 11.8 Å². The highest BCUT2D eigenvalue weighted by molar-refractivity contribution is 8.15.